The normalized spacial score (nSPS) is 55.0. The van der Waals surface area contributed by atoms with Gasteiger partial charge in [0.15, 0.2) is 0 Å². The van der Waals surface area contributed by atoms with Gasteiger partial charge < -0.3 is 5.11 Å². The maximum atomic E-state index is 11.6. The summed E-state index contributed by atoms with van der Waals surface area (Å²) in [6.45, 7) is 1.66. The van der Waals surface area contributed by atoms with Gasteiger partial charge in [-0.15, -0.1) is 0 Å². The summed E-state index contributed by atoms with van der Waals surface area (Å²) in [5.74, 6) is 2.12. The molecule has 0 aromatic rings. The van der Waals surface area contributed by atoms with E-state index in [0.717, 1.165) is 12.8 Å². The minimum Gasteiger partial charge on any atom is -0.389 e. The molecule has 4 aliphatic rings. The molecule has 0 amide bonds. The summed E-state index contributed by atoms with van der Waals surface area (Å²) in [4.78, 5) is 11.6. The molecule has 0 aliphatic heterocycles. The van der Waals surface area contributed by atoms with Gasteiger partial charge in [0.05, 0.1) is 5.60 Å². The highest BCUT2D eigenvalue weighted by Crippen LogP contribution is 2.58. The van der Waals surface area contributed by atoms with Gasteiger partial charge in [0.2, 0.25) is 0 Å². The zero-order valence-electron chi connectivity index (χ0n) is 8.70. The van der Waals surface area contributed by atoms with Crippen LogP contribution in [-0.2, 0) is 4.79 Å². The van der Waals surface area contributed by atoms with E-state index in [4.69, 9.17) is 0 Å². The number of hydrogen-bond donors (Lipinski definition) is 1. The van der Waals surface area contributed by atoms with Crippen LogP contribution in [0.2, 0.25) is 0 Å². The van der Waals surface area contributed by atoms with Gasteiger partial charge in [-0.2, -0.15) is 0 Å². The number of carbonyl (C=O) groups is 1. The monoisotopic (exact) mass is 194 g/mol. The first kappa shape index (κ1) is 8.90. The minimum absolute atomic E-state index is 0.0321. The molecule has 4 rings (SSSR count). The molecule has 0 heterocycles. The summed E-state index contributed by atoms with van der Waals surface area (Å²) in [6, 6.07) is 0. The summed E-state index contributed by atoms with van der Waals surface area (Å²) >= 11 is 0. The van der Waals surface area contributed by atoms with Gasteiger partial charge >= 0.3 is 0 Å². The van der Waals surface area contributed by atoms with Gasteiger partial charge in [-0.25, -0.2) is 0 Å². The summed E-state index contributed by atoms with van der Waals surface area (Å²) in [5.41, 5.74) is -0.611. The third kappa shape index (κ3) is 1.04. The fraction of sp³-hybridized carbons (Fsp3) is 0.917. The molecule has 0 aromatic heterocycles. The Hall–Kier alpha value is -0.370. The van der Waals surface area contributed by atoms with E-state index < -0.39 is 5.60 Å². The summed E-state index contributed by atoms with van der Waals surface area (Å²) in [6.07, 6.45) is 5.49. The van der Waals surface area contributed by atoms with Gasteiger partial charge in [-0.05, 0) is 56.8 Å². The van der Waals surface area contributed by atoms with Crippen LogP contribution in [0.4, 0.5) is 0 Å². The summed E-state index contributed by atoms with van der Waals surface area (Å²) in [5, 5.41) is 10.5. The van der Waals surface area contributed by atoms with Gasteiger partial charge in [-0.1, -0.05) is 0 Å². The van der Waals surface area contributed by atoms with E-state index in [1.54, 1.807) is 6.92 Å². The largest absolute Gasteiger partial charge is 0.389 e. The lowest BCUT2D eigenvalue weighted by molar-refractivity contribution is -0.178. The molecule has 4 aliphatic carbocycles. The molecule has 1 N–H and O–H groups in total. The Morgan fingerprint density at radius 2 is 1.79 bits per heavy atom. The van der Waals surface area contributed by atoms with E-state index >= 15 is 0 Å². The highest BCUT2D eigenvalue weighted by molar-refractivity contribution is 5.80. The molecular formula is C12H18O2. The molecule has 14 heavy (non-hydrogen) atoms. The number of rotatable bonds is 1. The SMILES string of the molecule is CC(=O)C1C2CC3CC(C2)CC1(O)C3. The van der Waals surface area contributed by atoms with Crippen LogP contribution in [0.1, 0.15) is 39.0 Å². The summed E-state index contributed by atoms with van der Waals surface area (Å²) < 4.78 is 0. The first-order valence-electron chi connectivity index (χ1n) is 5.81. The third-order valence-electron chi connectivity index (χ3n) is 4.71. The Morgan fingerprint density at radius 1 is 1.21 bits per heavy atom. The first-order chi connectivity index (χ1) is 6.58. The van der Waals surface area contributed by atoms with Crippen LogP contribution in [0.5, 0.6) is 0 Å². The number of aliphatic hydroxyl groups is 1. The van der Waals surface area contributed by atoms with E-state index in [1.807, 2.05) is 0 Å². The van der Waals surface area contributed by atoms with Gasteiger partial charge in [0.25, 0.3) is 0 Å². The van der Waals surface area contributed by atoms with Crippen molar-refractivity contribution in [3.05, 3.63) is 0 Å². The van der Waals surface area contributed by atoms with Crippen LogP contribution in [0.25, 0.3) is 0 Å². The summed E-state index contributed by atoms with van der Waals surface area (Å²) in [7, 11) is 0. The Balaban J connectivity index is 1.97. The maximum absolute atomic E-state index is 11.6. The fourth-order valence-electron chi connectivity index (χ4n) is 4.71. The lowest BCUT2D eigenvalue weighted by atomic mass is 9.49. The van der Waals surface area contributed by atoms with Crippen LogP contribution >= 0.6 is 0 Å². The molecule has 0 aromatic carbocycles. The molecule has 4 saturated carbocycles. The van der Waals surface area contributed by atoms with Crippen molar-refractivity contribution in [3.63, 3.8) is 0 Å². The topological polar surface area (TPSA) is 37.3 Å². The van der Waals surface area contributed by atoms with Crippen molar-refractivity contribution < 1.29 is 9.90 Å². The Bertz CT molecular complexity index is 270. The van der Waals surface area contributed by atoms with Crippen molar-refractivity contribution >= 4 is 5.78 Å². The predicted octanol–water partition coefficient (Wildman–Crippen LogP) is 1.76. The highest BCUT2D eigenvalue weighted by atomic mass is 16.3. The van der Waals surface area contributed by atoms with Crippen molar-refractivity contribution in [1.29, 1.82) is 0 Å². The first-order valence-corrected chi connectivity index (χ1v) is 5.81. The van der Waals surface area contributed by atoms with E-state index in [9.17, 15) is 9.90 Å². The number of hydrogen-bond acceptors (Lipinski definition) is 2. The maximum Gasteiger partial charge on any atom is 0.136 e. The Morgan fingerprint density at radius 3 is 2.21 bits per heavy atom. The molecule has 4 fully saturated rings. The smallest absolute Gasteiger partial charge is 0.136 e. The average Bonchev–Trinajstić information content (AvgIpc) is 1.97. The van der Waals surface area contributed by atoms with E-state index in [1.165, 1.54) is 19.3 Å². The molecule has 2 heteroatoms. The van der Waals surface area contributed by atoms with E-state index in [-0.39, 0.29) is 11.7 Å². The van der Waals surface area contributed by atoms with Gasteiger partial charge in [0, 0.05) is 5.92 Å². The molecule has 0 radical (unpaired) electrons. The van der Waals surface area contributed by atoms with E-state index in [2.05, 4.69) is 0 Å². The van der Waals surface area contributed by atoms with Crippen LogP contribution < -0.4 is 0 Å². The van der Waals surface area contributed by atoms with Crippen LogP contribution in [0.3, 0.4) is 0 Å². The minimum atomic E-state index is -0.611. The third-order valence-corrected chi connectivity index (χ3v) is 4.71. The predicted molar refractivity (Wildman–Crippen MR) is 52.7 cm³/mol. The van der Waals surface area contributed by atoms with Crippen molar-refractivity contribution in [2.45, 2.75) is 44.6 Å². The fourth-order valence-corrected chi connectivity index (χ4v) is 4.71. The highest BCUT2D eigenvalue weighted by Gasteiger charge is 2.57. The molecule has 0 spiro atoms. The molecule has 78 valence electrons. The quantitative estimate of drug-likeness (QED) is 0.690. The molecular weight excluding hydrogens is 176 g/mol. The standard InChI is InChI=1S/C12H18O2/c1-7(13)11-10-3-8-2-9(4-10)6-12(11,14)5-8/h8-11,14H,2-6H2,1H3. The number of ketones is 1. The Kier molecular flexibility index (Phi) is 1.65. The van der Waals surface area contributed by atoms with Gasteiger partial charge in [-0.3, -0.25) is 4.79 Å². The molecule has 4 bridgehead atoms. The van der Waals surface area contributed by atoms with Crippen LogP contribution in [0.15, 0.2) is 0 Å². The number of Topliss-reactive ketones (excluding diaryl/α,β-unsaturated/α-hetero) is 1. The zero-order chi connectivity index (χ0) is 9.92. The number of carbonyl (C=O) groups excluding carboxylic acids is 1. The Labute approximate surface area is 84.7 Å². The zero-order valence-corrected chi connectivity index (χ0v) is 8.70. The second kappa shape index (κ2) is 2.60. The van der Waals surface area contributed by atoms with E-state index in [0.29, 0.717) is 17.8 Å². The molecule has 2 nitrogen and oxygen atoms in total. The van der Waals surface area contributed by atoms with Crippen molar-refractivity contribution in [2.24, 2.45) is 23.7 Å². The second-order valence-corrected chi connectivity index (χ2v) is 5.80. The van der Waals surface area contributed by atoms with Crippen LogP contribution in [0, 0.1) is 23.7 Å². The molecule has 0 saturated heterocycles. The van der Waals surface area contributed by atoms with Crippen molar-refractivity contribution in [1.82, 2.24) is 0 Å². The van der Waals surface area contributed by atoms with Crippen molar-refractivity contribution in [2.75, 3.05) is 0 Å². The van der Waals surface area contributed by atoms with Crippen LogP contribution in [-0.4, -0.2) is 16.5 Å². The average molecular weight is 194 g/mol. The lowest BCUT2D eigenvalue weighted by Gasteiger charge is -2.58. The molecule has 3 unspecified atom stereocenters. The van der Waals surface area contributed by atoms with Crippen molar-refractivity contribution in [3.8, 4) is 0 Å². The van der Waals surface area contributed by atoms with Gasteiger partial charge in [0.1, 0.15) is 5.78 Å². The lowest BCUT2D eigenvalue weighted by Crippen LogP contribution is -2.59. The second-order valence-electron chi connectivity index (χ2n) is 5.80. The molecule has 3 atom stereocenters.